The molecule has 5 heteroatoms. The van der Waals surface area contributed by atoms with Gasteiger partial charge in [0.25, 0.3) is 0 Å². The SMILES string of the molecule is ClCCN(CCCl)CCN1c2ccccc2Sc2ccc3ccccc3c21. The van der Waals surface area contributed by atoms with Gasteiger partial charge in [0.15, 0.2) is 0 Å². The largest absolute Gasteiger partial charge is 0.338 e. The van der Waals surface area contributed by atoms with Crippen LogP contribution in [0.15, 0.2) is 70.5 Å². The molecule has 0 atom stereocenters. The first-order valence-corrected chi connectivity index (χ1v) is 11.1. The van der Waals surface area contributed by atoms with Crippen LogP contribution in [0.5, 0.6) is 0 Å². The number of nitrogens with zero attached hydrogens (tertiary/aromatic N) is 2. The third kappa shape index (κ3) is 3.93. The van der Waals surface area contributed by atoms with Gasteiger partial charge in [0, 0.05) is 53.1 Å². The summed E-state index contributed by atoms with van der Waals surface area (Å²) in [5, 5.41) is 2.58. The standard InChI is InChI=1S/C22H22Cl2N2S/c23-11-13-25(14-12-24)15-16-26-19-7-3-4-8-20(19)27-21-10-9-17-5-1-2-6-18(17)22(21)26/h1-10H,11-16H2. The lowest BCUT2D eigenvalue weighted by Gasteiger charge is -2.35. The van der Waals surface area contributed by atoms with Crippen LogP contribution in [0.1, 0.15) is 0 Å². The molecule has 0 fully saturated rings. The van der Waals surface area contributed by atoms with Crippen LogP contribution in [0.2, 0.25) is 0 Å². The van der Waals surface area contributed by atoms with E-state index in [0.717, 1.165) is 26.2 Å². The predicted molar refractivity (Wildman–Crippen MR) is 119 cm³/mol. The van der Waals surface area contributed by atoms with E-state index >= 15 is 0 Å². The molecular formula is C22H22Cl2N2S. The minimum Gasteiger partial charge on any atom is -0.338 e. The van der Waals surface area contributed by atoms with E-state index in [4.69, 9.17) is 23.2 Å². The second-order valence-corrected chi connectivity index (χ2v) is 8.41. The van der Waals surface area contributed by atoms with Crippen molar-refractivity contribution in [1.82, 2.24) is 4.90 Å². The summed E-state index contributed by atoms with van der Waals surface area (Å²) in [4.78, 5) is 7.43. The van der Waals surface area contributed by atoms with Crippen LogP contribution in [0.25, 0.3) is 10.8 Å². The van der Waals surface area contributed by atoms with Crippen LogP contribution in [0.3, 0.4) is 0 Å². The Morgan fingerprint density at radius 3 is 2.33 bits per heavy atom. The van der Waals surface area contributed by atoms with Gasteiger partial charge in [0.1, 0.15) is 0 Å². The maximum atomic E-state index is 5.99. The van der Waals surface area contributed by atoms with Gasteiger partial charge in [-0.3, -0.25) is 4.90 Å². The Bertz CT molecular complexity index is 925. The van der Waals surface area contributed by atoms with Crippen molar-refractivity contribution in [2.75, 3.05) is 42.8 Å². The molecule has 0 aromatic heterocycles. The number of anilines is 2. The minimum atomic E-state index is 0.628. The highest BCUT2D eigenvalue weighted by Crippen LogP contribution is 2.50. The first-order chi connectivity index (χ1) is 13.3. The third-order valence-electron chi connectivity index (χ3n) is 4.95. The number of hydrogen-bond acceptors (Lipinski definition) is 3. The second-order valence-electron chi connectivity index (χ2n) is 6.57. The van der Waals surface area contributed by atoms with Gasteiger partial charge >= 0.3 is 0 Å². The van der Waals surface area contributed by atoms with E-state index in [1.54, 1.807) is 0 Å². The maximum absolute atomic E-state index is 5.99. The Morgan fingerprint density at radius 2 is 1.52 bits per heavy atom. The highest BCUT2D eigenvalue weighted by molar-refractivity contribution is 7.99. The van der Waals surface area contributed by atoms with Crippen molar-refractivity contribution >= 4 is 57.1 Å². The molecule has 1 heterocycles. The van der Waals surface area contributed by atoms with E-state index in [2.05, 4.69) is 70.5 Å². The van der Waals surface area contributed by atoms with Crippen molar-refractivity contribution in [2.45, 2.75) is 9.79 Å². The van der Waals surface area contributed by atoms with E-state index in [9.17, 15) is 0 Å². The molecule has 0 aliphatic carbocycles. The molecule has 0 amide bonds. The van der Waals surface area contributed by atoms with Gasteiger partial charge in [0.05, 0.1) is 11.4 Å². The Balaban J connectivity index is 1.74. The van der Waals surface area contributed by atoms with E-state index in [0.29, 0.717) is 11.8 Å². The minimum absolute atomic E-state index is 0.628. The molecule has 0 spiro atoms. The van der Waals surface area contributed by atoms with Gasteiger partial charge in [-0.15, -0.1) is 23.2 Å². The monoisotopic (exact) mass is 416 g/mol. The van der Waals surface area contributed by atoms with Gasteiger partial charge in [-0.1, -0.05) is 54.2 Å². The van der Waals surface area contributed by atoms with Crippen LogP contribution in [0.4, 0.5) is 11.4 Å². The predicted octanol–water partition coefficient (Wildman–Crippen LogP) is 6.22. The molecule has 1 aliphatic rings. The quantitative estimate of drug-likeness (QED) is 0.421. The van der Waals surface area contributed by atoms with E-state index in [1.165, 1.54) is 31.9 Å². The second kappa shape index (κ2) is 8.74. The van der Waals surface area contributed by atoms with Crippen molar-refractivity contribution in [3.05, 3.63) is 60.7 Å². The molecule has 4 rings (SSSR count). The normalized spacial score (nSPS) is 13.1. The first kappa shape index (κ1) is 18.9. The number of fused-ring (bicyclic) bond motifs is 4. The molecule has 0 N–H and O–H groups in total. The molecule has 3 aromatic carbocycles. The van der Waals surface area contributed by atoms with Crippen LogP contribution < -0.4 is 4.90 Å². The summed E-state index contributed by atoms with van der Waals surface area (Å²) >= 11 is 13.8. The molecule has 27 heavy (non-hydrogen) atoms. The highest BCUT2D eigenvalue weighted by Gasteiger charge is 2.25. The topological polar surface area (TPSA) is 6.48 Å². The summed E-state index contributed by atoms with van der Waals surface area (Å²) in [5.74, 6) is 1.26. The molecule has 0 saturated heterocycles. The number of para-hydroxylation sites is 1. The zero-order chi connectivity index (χ0) is 18.6. The van der Waals surface area contributed by atoms with E-state index in [1.807, 2.05) is 11.8 Å². The number of halogens is 2. The summed E-state index contributed by atoms with van der Waals surface area (Å²) in [7, 11) is 0. The van der Waals surface area contributed by atoms with E-state index in [-0.39, 0.29) is 0 Å². The maximum Gasteiger partial charge on any atom is 0.0632 e. The number of alkyl halides is 2. The van der Waals surface area contributed by atoms with Gasteiger partial charge < -0.3 is 4.90 Å². The van der Waals surface area contributed by atoms with Crippen molar-refractivity contribution in [3.8, 4) is 0 Å². The fraction of sp³-hybridized carbons (Fsp3) is 0.273. The lowest BCUT2D eigenvalue weighted by Crippen LogP contribution is -2.36. The molecular weight excluding hydrogens is 395 g/mol. The summed E-state index contributed by atoms with van der Waals surface area (Å²) < 4.78 is 0. The number of benzene rings is 3. The van der Waals surface area contributed by atoms with Crippen LogP contribution in [-0.2, 0) is 0 Å². The molecule has 0 bridgehead atoms. The Morgan fingerprint density at radius 1 is 0.778 bits per heavy atom. The van der Waals surface area contributed by atoms with Crippen LogP contribution in [0, 0.1) is 0 Å². The van der Waals surface area contributed by atoms with Crippen molar-refractivity contribution < 1.29 is 0 Å². The van der Waals surface area contributed by atoms with Crippen LogP contribution in [-0.4, -0.2) is 42.8 Å². The van der Waals surface area contributed by atoms with Gasteiger partial charge in [0.2, 0.25) is 0 Å². The van der Waals surface area contributed by atoms with E-state index < -0.39 is 0 Å². The Hall–Kier alpha value is -1.39. The Kier molecular flexibility index (Phi) is 6.14. The van der Waals surface area contributed by atoms with Crippen LogP contribution >= 0.6 is 35.0 Å². The molecule has 0 saturated carbocycles. The number of hydrogen-bond donors (Lipinski definition) is 0. The fourth-order valence-electron chi connectivity index (χ4n) is 3.65. The zero-order valence-electron chi connectivity index (χ0n) is 15.1. The third-order valence-corrected chi connectivity index (χ3v) is 6.40. The van der Waals surface area contributed by atoms with Gasteiger partial charge in [-0.05, 0) is 23.6 Å². The average Bonchev–Trinajstić information content (AvgIpc) is 2.71. The smallest absolute Gasteiger partial charge is 0.0632 e. The zero-order valence-corrected chi connectivity index (χ0v) is 17.4. The first-order valence-electron chi connectivity index (χ1n) is 9.22. The lowest BCUT2D eigenvalue weighted by atomic mass is 10.1. The lowest BCUT2D eigenvalue weighted by molar-refractivity contribution is 0.315. The van der Waals surface area contributed by atoms with Crippen molar-refractivity contribution in [3.63, 3.8) is 0 Å². The van der Waals surface area contributed by atoms with Crippen molar-refractivity contribution in [2.24, 2.45) is 0 Å². The molecule has 3 aromatic rings. The fourth-order valence-corrected chi connectivity index (χ4v) is 5.25. The molecule has 1 aliphatic heterocycles. The molecule has 0 radical (unpaired) electrons. The Labute approximate surface area is 175 Å². The average molecular weight is 417 g/mol. The summed E-state index contributed by atoms with van der Waals surface area (Å²) in [6, 6.07) is 21.8. The highest BCUT2D eigenvalue weighted by atomic mass is 35.5. The van der Waals surface area contributed by atoms with Crippen molar-refractivity contribution in [1.29, 1.82) is 0 Å². The van der Waals surface area contributed by atoms with Gasteiger partial charge in [-0.25, -0.2) is 0 Å². The summed E-state index contributed by atoms with van der Waals surface area (Å²) in [6.45, 7) is 3.56. The molecule has 2 nitrogen and oxygen atoms in total. The molecule has 140 valence electrons. The summed E-state index contributed by atoms with van der Waals surface area (Å²) in [5.41, 5.74) is 2.59. The molecule has 0 unspecified atom stereocenters. The van der Waals surface area contributed by atoms with Gasteiger partial charge in [-0.2, -0.15) is 0 Å². The summed E-state index contributed by atoms with van der Waals surface area (Å²) in [6.07, 6.45) is 0. The number of rotatable bonds is 7.